The first-order chi connectivity index (χ1) is 8.06. The van der Waals surface area contributed by atoms with Gasteiger partial charge >= 0.3 is 0 Å². The van der Waals surface area contributed by atoms with Crippen molar-refractivity contribution < 1.29 is 0 Å². The summed E-state index contributed by atoms with van der Waals surface area (Å²) in [5.74, 6) is 1.62. The quantitative estimate of drug-likeness (QED) is 0.818. The second kappa shape index (κ2) is 4.92. The highest BCUT2D eigenvalue weighted by atomic mass is 15.1. The van der Waals surface area contributed by atoms with E-state index in [9.17, 15) is 0 Å². The van der Waals surface area contributed by atoms with Crippen molar-refractivity contribution in [2.45, 2.75) is 26.3 Å². The Balaban J connectivity index is 2.05. The molecule has 0 aliphatic carbocycles. The number of hydrogen-bond donors (Lipinski definition) is 2. The number of anilines is 2. The standard InChI is InChI=1S/C13H22N4/c1-9-6-11(14)7-15-13(9)16-12-4-5-17(3)8-10(12)2/h6-7,10,12H,4-5,8,14H2,1-3H3,(H,15,16). The van der Waals surface area contributed by atoms with Gasteiger partial charge in [-0.1, -0.05) is 6.92 Å². The smallest absolute Gasteiger partial charge is 0.129 e. The third kappa shape index (κ3) is 2.88. The number of aryl methyl sites for hydroxylation is 1. The number of hydrogen-bond acceptors (Lipinski definition) is 4. The summed E-state index contributed by atoms with van der Waals surface area (Å²) in [7, 11) is 2.18. The minimum absolute atomic E-state index is 0.515. The SMILES string of the molecule is Cc1cc(N)cnc1NC1CCN(C)CC1C. The van der Waals surface area contributed by atoms with Gasteiger partial charge in [-0.25, -0.2) is 4.98 Å². The van der Waals surface area contributed by atoms with E-state index in [1.54, 1.807) is 6.20 Å². The van der Waals surface area contributed by atoms with Crippen LogP contribution in [0.5, 0.6) is 0 Å². The van der Waals surface area contributed by atoms with Crippen LogP contribution in [0, 0.1) is 12.8 Å². The highest BCUT2D eigenvalue weighted by Gasteiger charge is 2.24. The molecule has 3 N–H and O–H groups in total. The van der Waals surface area contributed by atoms with E-state index in [-0.39, 0.29) is 0 Å². The van der Waals surface area contributed by atoms with Crippen molar-refractivity contribution in [1.82, 2.24) is 9.88 Å². The van der Waals surface area contributed by atoms with Gasteiger partial charge in [-0.3, -0.25) is 0 Å². The fourth-order valence-corrected chi connectivity index (χ4v) is 2.49. The Morgan fingerprint density at radius 3 is 2.94 bits per heavy atom. The van der Waals surface area contributed by atoms with Gasteiger partial charge in [-0.05, 0) is 44.5 Å². The summed E-state index contributed by atoms with van der Waals surface area (Å²) >= 11 is 0. The number of nitrogen functional groups attached to an aromatic ring is 1. The van der Waals surface area contributed by atoms with Gasteiger partial charge < -0.3 is 16.0 Å². The first-order valence-corrected chi connectivity index (χ1v) is 6.23. The van der Waals surface area contributed by atoms with Crippen molar-refractivity contribution in [3.8, 4) is 0 Å². The van der Waals surface area contributed by atoms with Crippen molar-refractivity contribution in [3.05, 3.63) is 17.8 Å². The number of nitrogens with zero attached hydrogens (tertiary/aromatic N) is 2. The van der Waals surface area contributed by atoms with E-state index in [0.29, 0.717) is 12.0 Å². The molecule has 0 spiro atoms. The Morgan fingerprint density at radius 1 is 1.53 bits per heavy atom. The Labute approximate surface area is 103 Å². The van der Waals surface area contributed by atoms with Crippen molar-refractivity contribution >= 4 is 11.5 Å². The molecule has 17 heavy (non-hydrogen) atoms. The molecule has 0 radical (unpaired) electrons. The predicted molar refractivity (Wildman–Crippen MR) is 72.1 cm³/mol. The Bertz CT molecular complexity index is 391. The van der Waals surface area contributed by atoms with Crippen molar-refractivity contribution in [2.24, 2.45) is 5.92 Å². The third-order valence-electron chi connectivity index (χ3n) is 3.53. The normalized spacial score (nSPS) is 25.8. The molecule has 0 amide bonds. The summed E-state index contributed by atoms with van der Waals surface area (Å²) in [5.41, 5.74) is 7.56. The number of aromatic nitrogens is 1. The van der Waals surface area contributed by atoms with Gasteiger partial charge in [0.2, 0.25) is 0 Å². The lowest BCUT2D eigenvalue weighted by molar-refractivity contribution is 0.206. The van der Waals surface area contributed by atoms with E-state index in [0.717, 1.165) is 30.2 Å². The maximum atomic E-state index is 5.71. The summed E-state index contributed by atoms with van der Waals surface area (Å²) in [5, 5.41) is 3.55. The Kier molecular flexibility index (Phi) is 3.52. The molecule has 0 saturated carbocycles. The molecule has 2 heterocycles. The zero-order valence-corrected chi connectivity index (χ0v) is 10.9. The van der Waals surface area contributed by atoms with Crippen molar-refractivity contribution in [3.63, 3.8) is 0 Å². The molecule has 2 atom stereocenters. The van der Waals surface area contributed by atoms with E-state index in [2.05, 4.69) is 29.2 Å². The largest absolute Gasteiger partial charge is 0.397 e. The first kappa shape index (κ1) is 12.2. The second-order valence-corrected chi connectivity index (χ2v) is 5.21. The highest BCUT2D eigenvalue weighted by Crippen LogP contribution is 2.22. The van der Waals surface area contributed by atoms with E-state index in [1.807, 2.05) is 13.0 Å². The van der Waals surface area contributed by atoms with Crippen LogP contribution in [0.4, 0.5) is 11.5 Å². The van der Waals surface area contributed by atoms with Crippen LogP contribution >= 0.6 is 0 Å². The van der Waals surface area contributed by atoms with E-state index in [1.165, 1.54) is 6.42 Å². The summed E-state index contributed by atoms with van der Waals surface area (Å²) < 4.78 is 0. The lowest BCUT2D eigenvalue weighted by Crippen LogP contribution is -2.43. The van der Waals surface area contributed by atoms with Gasteiger partial charge in [-0.2, -0.15) is 0 Å². The third-order valence-corrected chi connectivity index (χ3v) is 3.53. The molecular formula is C13H22N4. The monoisotopic (exact) mass is 234 g/mol. The topological polar surface area (TPSA) is 54.2 Å². The van der Waals surface area contributed by atoms with Gasteiger partial charge in [0.05, 0.1) is 11.9 Å². The van der Waals surface area contributed by atoms with Crippen LogP contribution in [0.1, 0.15) is 18.9 Å². The molecule has 1 saturated heterocycles. The maximum absolute atomic E-state index is 5.71. The van der Waals surface area contributed by atoms with Crippen LogP contribution in [0.15, 0.2) is 12.3 Å². The number of nitrogens with one attached hydrogen (secondary N) is 1. The Hall–Kier alpha value is -1.29. The number of pyridine rings is 1. The van der Waals surface area contributed by atoms with Crippen molar-refractivity contribution in [1.29, 1.82) is 0 Å². The molecule has 0 bridgehead atoms. The number of rotatable bonds is 2. The molecule has 4 heteroatoms. The van der Waals surface area contributed by atoms with Crippen LogP contribution in [-0.2, 0) is 0 Å². The summed E-state index contributed by atoms with van der Waals surface area (Å²) in [6.45, 7) is 6.63. The number of nitrogens with two attached hydrogens (primary N) is 1. The average molecular weight is 234 g/mol. The van der Waals surface area contributed by atoms with Crippen LogP contribution in [0.25, 0.3) is 0 Å². The fourth-order valence-electron chi connectivity index (χ4n) is 2.49. The maximum Gasteiger partial charge on any atom is 0.129 e. The fraction of sp³-hybridized carbons (Fsp3) is 0.615. The summed E-state index contributed by atoms with van der Waals surface area (Å²) in [6.07, 6.45) is 2.89. The minimum Gasteiger partial charge on any atom is -0.397 e. The zero-order chi connectivity index (χ0) is 12.4. The molecule has 94 valence electrons. The summed E-state index contributed by atoms with van der Waals surface area (Å²) in [6, 6.07) is 2.48. The van der Waals surface area contributed by atoms with Crippen molar-refractivity contribution in [2.75, 3.05) is 31.2 Å². The van der Waals surface area contributed by atoms with E-state index >= 15 is 0 Å². The summed E-state index contributed by atoms with van der Waals surface area (Å²) in [4.78, 5) is 6.76. The van der Waals surface area contributed by atoms with Crippen LogP contribution in [0.2, 0.25) is 0 Å². The highest BCUT2D eigenvalue weighted by molar-refractivity contribution is 5.51. The van der Waals surface area contributed by atoms with Crippen LogP contribution < -0.4 is 11.1 Å². The van der Waals surface area contributed by atoms with E-state index < -0.39 is 0 Å². The predicted octanol–water partition coefficient (Wildman–Crippen LogP) is 1.72. The molecule has 1 aliphatic rings. The molecule has 2 unspecified atom stereocenters. The number of likely N-dealkylation sites (tertiary alicyclic amines) is 1. The lowest BCUT2D eigenvalue weighted by atomic mass is 9.94. The lowest BCUT2D eigenvalue weighted by Gasteiger charge is -2.35. The van der Waals surface area contributed by atoms with Crippen LogP contribution in [0.3, 0.4) is 0 Å². The van der Waals surface area contributed by atoms with E-state index in [4.69, 9.17) is 5.73 Å². The molecule has 1 aromatic heterocycles. The molecule has 1 fully saturated rings. The average Bonchev–Trinajstić information content (AvgIpc) is 2.25. The van der Waals surface area contributed by atoms with Crippen LogP contribution in [-0.4, -0.2) is 36.1 Å². The minimum atomic E-state index is 0.515. The molecule has 1 aromatic rings. The molecule has 2 rings (SSSR count). The van der Waals surface area contributed by atoms with Gasteiger partial charge in [0, 0.05) is 12.6 Å². The molecule has 4 nitrogen and oxygen atoms in total. The van der Waals surface area contributed by atoms with Gasteiger partial charge in [0.15, 0.2) is 0 Å². The zero-order valence-electron chi connectivity index (χ0n) is 10.9. The molecule has 1 aliphatic heterocycles. The van der Waals surface area contributed by atoms with Gasteiger partial charge in [0.25, 0.3) is 0 Å². The second-order valence-electron chi connectivity index (χ2n) is 5.21. The Morgan fingerprint density at radius 2 is 2.29 bits per heavy atom. The molecular weight excluding hydrogens is 212 g/mol. The van der Waals surface area contributed by atoms with Gasteiger partial charge in [0.1, 0.15) is 5.82 Å². The van der Waals surface area contributed by atoms with Gasteiger partial charge in [-0.15, -0.1) is 0 Å². The number of piperidine rings is 1. The first-order valence-electron chi connectivity index (χ1n) is 6.23. The molecule has 0 aromatic carbocycles.